The van der Waals surface area contributed by atoms with E-state index >= 15 is 0 Å². The lowest BCUT2D eigenvalue weighted by molar-refractivity contribution is 0.0528. The number of carbonyl (C=O) groups is 2. The number of hydrogen-bond donors (Lipinski definition) is 2. The molecule has 3 amide bonds. The monoisotopic (exact) mass is 376 g/mol. The molecular weight excluding hydrogens is 344 g/mol. The van der Waals surface area contributed by atoms with Crippen LogP contribution in [0, 0.1) is 6.92 Å². The Morgan fingerprint density at radius 1 is 1.07 bits per heavy atom. The highest BCUT2D eigenvalue weighted by atomic mass is 16.6. The standard InChI is InChI=1S/C20H32N4O3/c1-16-6-5-7-17(14-16)15-23-10-12-24(13-11-23)18(25)21-8-9-22-19(26)27-20(2,3)4/h5-7,14H,8-13,15H2,1-4H3,(H,21,25)(H,22,26). The van der Waals surface area contributed by atoms with E-state index in [0.717, 1.165) is 19.6 Å². The van der Waals surface area contributed by atoms with Crippen LogP contribution >= 0.6 is 0 Å². The summed E-state index contributed by atoms with van der Waals surface area (Å²) < 4.78 is 5.15. The van der Waals surface area contributed by atoms with Gasteiger partial charge in [0.2, 0.25) is 0 Å². The first-order chi connectivity index (χ1) is 12.7. The van der Waals surface area contributed by atoms with E-state index in [2.05, 4.69) is 46.7 Å². The molecule has 2 N–H and O–H groups in total. The Morgan fingerprint density at radius 2 is 1.74 bits per heavy atom. The normalized spacial score (nSPS) is 15.3. The molecule has 1 aromatic rings. The predicted octanol–water partition coefficient (Wildman–Crippen LogP) is 2.35. The maximum absolute atomic E-state index is 12.2. The van der Waals surface area contributed by atoms with Crippen molar-refractivity contribution in [1.29, 1.82) is 0 Å². The van der Waals surface area contributed by atoms with Gasteiger partial charge in [-0.25, -0.2) is 9.59 Å². The van der Waals surface area contributed by atoms with Gasteiger partial charge in [-0.15, -0.1) is 0 Å². The lowest BCUT2D eigenvalue weighted by Crippen LogP contribution is -2.52. The van der Waals surface area contributed by atoms with E-state index in [1.807, 2.05) is 25.7 Å². The van der Waals surface area contributed by atoms with Crippen LogP contribution in [0.5, 0.6) is 0 Å². The molecule has 1 aliphatic rings. The minimum Gasteiger partial charge on any atom is -0.444 e. The molecule has 0 spiro atoms. The number of piperazine rings is 1. The van der Waals surface area contributed by atoms with Crippen molar-refractivity contribution in [3.8, 4) is 0 Å². The largest absolute Gasteiger partial charge is 0.444 e. The fourth-order valence-electron chi connectivity index (χ4n) is 2.94. The van der Waals surface area contributed by atoms with Crippen LogP contribution in [-0.2, 0) is 11.3 Å². The van der Waals surface area contributed by atoms with E-state index in [1.165, 1.54) is 11.1 Å². The second-order valence-electron chi connectivity index (χ2n) is 7.91. The van der Waals surface area contributed by atoms with Gasteiger partial charge in [-0.1, -0.05) is 29.8 Å². The third-order valence-electron chi connectivity index (χ3n) is 4.22. The quantitative estimate of drug-likeness (QED) is 0.774. The molecule has 0 atom stereocenters. The maximum atomic E-state index is 12.2. The second-order valence-corrected chi connectivity index (χ2v) is 7.91. The number of carbonyl (C=O) groups excluding carboxylic acids is 2. The highest BCUT2D eigenvalue weighted by molar-refractivity contribution is 5.74. The highest BCUT2D eigenvalue weighted by Gasteiger charge is 2.21. The van der Waals surface area contributed by atoms with Gasteiger partial charge >= 0.3 is 12.1 Å². The number of hydrogen-bond acceptors (Lipinski definition) is 4. The Balaban J connectivity index is 1.62. The first kappa shape index (κ1) is 21.0. The van der Waals surface area contributed by atoms with Crippen LogP contribution in [0.15, 0.2) is 24.3 Å². The lowest BCUT2D eigenvalue weighted by Gasteiger charge is -2.34. The Hall–Kier alpha value is -2.28. The van der Waals surface area contributed by atoms with Crippen molar-refractivity contribution in [2.45, 2.75) is 39.8 Å². The van der Waals surface area contributed by atoms with E-state index in [0.29, 0.717) is 26.2 Å². The first-order valence-electron chi connectivity index (χ1n) is 9.50. The van der Waals surface area contributed by atoms with Crippen LogP contribution < -0.4 is 10.6 Å². The van der Waals surface area contributed by atoms with Gasteiger partial charge in [0.05, 0.1) is 0 Å². The molecule has 1 saturated heterocycles. The summed E-state index contributed by atoms with van der Waals surface area (Å²) in [7, 11) is 0. The summed E-state index contributed by atoms with van der Waals surface area (Å²) in [6, 6.07) is 8.44. The lowest BCUT2D eigenvalue weighted by atomic mass is 10.1. The molecule has 1 aliphatic heterocycles. The number of rotatable bonds is 5. The SMILES string of the molecule is Cc1cccc(CN2CCN(C(=O)NCCNC(=O)OC(C)(C)C)CC2)c1. The van der Waals surface area contributed by atoms with Gasteiger partial charge in [-0.2, -0.15) is 0 Å². The number of nitrogens with zero attached hydrogens (tertiary/aromatic N) is 2. The fraction of sp³-hybridized carbons (Fsp3) is 0.600. The van der Waals surface area contributed by atoms with E-state index in [-0.39, 0.29) is 6.03 Å². The Labute approximate surface area is 162 Å². The van der Waals surface area contributed by atoms with Gasteiger partial charge in [0.15, 0.2) is 0 Å². The fourth-order valence-corrected chi connectivity index (χ4v) is 2.94. The third-order valence-corrected chi connectivity index (χ3v) is 4.22. The molecule has 27 heavy (non-hydrogen) atoms. The zero-order chi connectivity index (χ0) is 19.9. The van der Waals surface area contributed by atoms with Crippen LogP contribution in [0.25, 0.3) is 0 Å². The number of urea groups is 1. The molecule has 2 rings (SSSR count). The molecule has 0 aliphatic carbocycles. The Bertz CT molecular complexity index is 634. The van der Waals surface area contributed by atoms with Gasteiger partial charge in [0.1, 0.15) is 5.60 Å². The average molecular weight is 377 g/mol. The molecule has 1 aromatic carbocycles. The summed E-state index contributed by atoms with van der Waals surface area (Å²) in [5.74, 6) is 0. The van der Waals surface area contributed by atoms with Gasteiger partial charge in [0.25, 0.3) is 0 Å². The number of amides is 3. The average Bonchev–Trinajstić information content (AvgIpc) is 2.58. The number of aryl methyl sites for hydroxylation is 1. The van der Waals surface area contributed by atoms with Crippen molar-refractivity contribution >= 4 is 12.1 Å². The molecule has 1 fully saturated rings. The van der Waals surface area contributed by atoms with Crippen LogP contribution in [0.1, 0.15) is 31.9 Å². The minimum absolute atomic E-state index is 0.0869. The molecule has 150 valence electrons. The highest BCUT2D eigenvalue weighted by Crippen LogP contribution is 2.10. The summed E-state index contributed by atoms with van der Waals surface area (Å²) in [6.07, 6.45) is -0.471. The summed E-state index contributed by atoms with van der Waals surface area (Å²) in [5, 5.41) is 5.47. The zero-order valence-electron chi connectivity index (χ0n) is 16.9. The zero-order valence-corrected chi connectivity index (χ0v) is 16.9. The van der Waals surface area contributed by atoms with E-state index in [4.69, 9.17) is 4.74 Å². The van der Waals surface area contributed by atoms with Crippen LogP contribution in [-0.4, -0.2) is 66.8 Å². The minimum atomic E-state index is -0.522. The van der Waals surface area contributed by atoms with Crippen molar-refractivity contribution in [1.82, 2.24) is 20.4 Å². The van der Waals surface area contributed by atoms with Gasteiger partial charge in [-0.3, -0.25) is 4.90 Å². The molecule has 1 heterocycles. The molecule has 0 aromatic heterocycles. The summed E-state index contributed by atoms with van der Waals surface area (Å²) in [5.41, 5.74) is 2.05. The van der Waals surface area contributed by atoms with Gasteiger partial charge in [0, 0.05) is 45.8 Å². The van der Waals surface area contributed by atoms with Crippen LogP contribution in [0.2, 0.25) is 0 Å². The molecule has 7 heteroatoms. The third kappa shape index (κ3) is 7.86. The van der Waals surface area contributed by atoms with Crippen molar-refractivity contribution < 1.29 is 14.3 Å². The van der Waals surface area contributed by atoms with Gasteiger partial charge in [-0.05, 0) is 33.3 Å². The molecule has 0 radical (unpaired) electrons. The van der Waals surface area contributed by atoms with Crippen LogP contribution in [0.4, 0.5) is 9.59 Å². The second kappa shape index (κ2) is 9.60. The van der Waals surface area contributed by atoms with Crippen LogP contribution in [0.3, 0.4) is 0 Å². The molecule has 7 nitrogen and oxygen atoms in total. The first-order valence-corrected chi connectivity index (χ1v) is 9.50. The smallest absolute Gasteiger partial charge is 0.407 e. The number of ether oxygens (including phenoxy) is 1. The number of nitrogens with one attached hydrogen (secondary N) is 2. The summed E-state index contributed by atoms with van der Waals surface area (Å²) in [4.78, 5) is 28.0. The summed E-state index contributed by atoms with van der Waals surface area (Å²) >= 11 is 0. The Morgan fingerprint density at radius 3 is 2.37 bits per heavy atom. The van der Waals surface area contributed by atoms with Crippen molar-refractivity contribution in [2.75, 3.05) is 39.3 Å². The molecule has 0 saturated carbocycles. The van der Waals surface area contributed by atoms with Crippen molar-refractivity contribution in [3.63, 3.8) is 0 Å². The predicted molar refractivity (Wildman–Crippen MR) is 106 cm³/mol. The van der Waals surface area contributed by atoms with E-state index in [9.17, 15) is 9.59 Å². The number of alkyl carbamates (subject to hydrolysis) is 1. The maximum Gasteiger partial charge on any atom is 0.407 e. The summed E-state index contributed by atoms with van der Waals surface area (Å²) in [6.45, 7) is 12.3. The van der Waals surface area contributed by atoms with Crippen molar-refractivity contribution in [2.24, 2.45) is 0 Å². The van der Waals surface area contributed by atoms with E-state index < -0.39 is 11.7 Å². The van der Waals surface area contributed by atoms with Gasteiger partial charge < -0.3 is 20.3 Å². The molecule has 0 unspecified atom stereocenters. The van der Waals surface area contributed by atoms with Crippen molar-refractivity contribution in [3.05, 3.63) is 35.4 Å². The topological polar surface area (TPSA) is 73.9 Å². The molecular formula is C20H32N4O3. The molecule has 0 bridgehead atoms. The number of benzene rings is 1. The Kier molecular flexibility index (Phi) is 7.47. The van der Waals surface area contributed by atoms with E-state index in [1.54, 1.807) is 0 Å².